The highest BCUT2D eigenvalue weighted by molar-refractivity contribution is 5.87. The van der Waals surface area contributed by atoms with E-state index in [9.17, 15) is 5.11 Å². The number of nitrogens with zero attached hydrogens (tertiary/aromatic N) is 1. The van der Waals surface area contributed by atoms with Crippen molar-refractivity contribution < 1.29 is 5.11 Å². The van der Waals surface area contributed by atoms with Crippen molar-refractivity contribution >= 4 is 10.8 Å². The van der Waals surface area contributed by atoms with E-state index in [-0.39, 0.29) is 17.9 Å². The third-order valence-electron chi connectivity index (χ3n) is 3.84. The lowest BCUT2D eigenvalue weighted by Gasteiger charge is -2.15. The molecule has 0 amide bonds. The SMILES string of the molecule is N#C[C@H]1C[C@@]1(CO)c1cccc2ccccc12. The number of nitriles is 1. The fourth-order valence-electron chi connectivity index (χ4n) is 2.69. The average Bonchev–Trinajstić information content (AvgIpc) is 3.13. The van der Waals surface area contributed by atoms with E-state index in [1.54, 1.807) is 0 Å². The fourth-order valence-corrected chi connectivity index (χ4v) is 2.69. The number of hydrogen-bond acceptors (Lipinski definition) is 2. The Bertz CT molecular complexity index is 608. The highest BCUT2D eigenvalue weighted by atomic mass is 16.3. The molecule has 0 spiro atoms. The molecular weight excluding hydrogens is 210 g/mol. The number of fused-ring (bicyclic) bond motifs is 1. The van der Waals surface area contributed by atoms with Crippen LogP contribution in [0, 0.1) is 17.2 Å². The van der Waals surface area contributed by atoms with E-state index in [1.807, 2.05) is 24.3 Å². The van der Waals surface area contributed by atoms with Gasteiger partial charge in [0.1, 0.15) is 0 Å². The second-order valence-electron chi connectivity index (χ2n) is 4.73. The van der Waals surface area contributed by atoms with Crippen LogP contribution in [-0.4, -0.2) is 11.7 Å². The zero-order valence-corrected chi connectivity index (χ0v) is 9.43. The smallest absolute Gasteiger partial charge is 0.0666 e. The van der Waals surface area contributed by atoms with Gasteiger partial charge >= 0.3 is 0 Å². The molecule has 3 rings (SSSR count). The fraction of sp³-hybridized carbons (Fsp3) is 0.267. The van der Waals surface area contributed by atoms with Crippen LogP contribution in [0.5, 0.6) is 0 Å². The van der Waals surface area contributed by atoms with E-state index in [1.165, 1.54) is 5.39 Å². The van der Waals surface area contributed by atoms with Gasteiger partial charge in [0, 0.05) is 5.41 Å². The van der Waals surface area contributed by atoms with Crippen LogP contribution in [-0.2, 0) is 5.41 Å². The molecule has 0 radical (unpaired) electrons. The molecule has 2 aromatic rings. The molecule has 84 valence electrons. The molecule has 0 unspecified atom stereocenters. The molecule has 2 aromatic carbocycles. The molecule has 1 N–H and O–H groups in total. The largest absolute Gasteiger partial charge is 0.395 e. The van der Waals surface area contributed by atoms with Gasteiger partial charge in [-0.3, -0.25) is 0 Å². The summed E-state index contributed by atoms with van der Waals surface area (Å²) in [6.07, 6.45) is 0.772. The lowest BCUT2D eigenvalue weighted by atomic mass is 9.89. The summed E-state index contributed by atoms with van der Waals surface area (Å²) in [6.45, 7) is 0.0548. The first-order chi connectivity index (χ1) is 8.31. The topological polar surface area (TPSA) is 44.0 Å². The van der Waals surface area contributed by atoms with E-state index in [0.717, 1.165) is 17.4 Å². The van der Waals surface area contributed by atoms with Crippen LogP contribution in [0.15, 0.2) is 42.5 Å². The molecule has 1 aliphatic rings. The van der Waals surface area contributed by atoms with E-state index >= 15 is 0 Å². The second kappa shape index (κ2) is 3.58. The van der Waals surface area contributed by atoms with Gasteiger partial charge < -0.3 is 5.11 Å². The maximum atomic E-state index is 9.62. The lowest BCUT2D eigenvalue weighted by Crippen LogP contribution is -2.15. The minimum atomic E-state index is -0.324. The number of benzene rings is 2. The normalized spacial score (nSPS) is 26.7. The molecule has 0 saturated heterocycles. The van der Waals surface area contributed by atoms with Crippen molar-refractivity contribution in [1.29, 1.82) is 5.26 Å². The standard InChI is InChI=1S/C15H13NO/c16-9-12-8-15(12,10-17)14-7-3-5-11-4-1-2-6-13(11)14/h1-7,12,17H,8,10H2/t12-,15+/m1/s1. The van der Waals surface area contributed by atoms with Gasteiger partial charge in [-0.05, 0) is 22.8 Å². The van der Waals surface area contributed by atoms with Crippen molar-refractivity contribution in [2.45, 2.75) is 11.8 Å². The second-order valence-corrected chi connectivity index (χ2v) is 4.73. The molecule has 1 aliphatic carbocycles. The van der Waals surface area contributed by atoms with E-state index in [4.69, 9.17) is 5.26 Å². The first kappa shape index (κ1) is 10.3. The molecule has 0 aromatic heterocycles. The lowest BCUT2D eigenvalue weighted by molar-refractivity contribution is 0.251. The van der Waals surface area contributed by atoms with Crippen molar-refractivity contribution in [3.63, 3.8) is 0 Å². The summed E-state index contributed by atoms with van der Waals surface area (Å²) in [5.74, 6) is -0.0432. The van der Waals surface area contributed by atoms with Crippen LogP contribution in [0.2, 0.25) is 0 Å². The highest BCUT2D eigenvalue weighted by Gasteiger charge is 2.56. The minimum Gasteiger partial charge on any atom is -0.395 e. The van der Waals surface area contributed by atoms with Crippen LogP contribution >= 0.6 is 0 Å². The number of rotatable bonds is 2. The van der Waals surface area contributed by atoms with Crippen LogP contribution in [0.3, 0.4) is 0 Å². The predicted molar refractivity (Wildman–Crippen MR) is 66.4 cm³/mol. The Morgan fingerprint density at radius 1 is 1.24 bits per heavy atom. The van der Waals surface area contributed by atoms with Gasteiger partial charge in [-0.2, -0.15) is 5.26 Å². The summed E-state index contributed by atoms with van der Waals surface area (Å²) < 4.78 is 0. The molecule has 2 heteroatoms. The van der Waals surface area contributed by atoms with Crippen LogP contribution < -0.4 is 0 Å². The maximum Gasteiger partial charge on any atom is 0.0666 e. The van der Waals surface area contributed by atoms with Crippen LogP contribution in [0.4, 0.5) is 0 Å². The molecule has 0 aliphatic heterocycles. The van der Waals surface area contributed by atoms with Crippen molar-refractivity contribution in [3.8, 4) is 6.07 Å². The molecular formula is C15H13NO. The number of hydrogen-bond donors (Lipinski definition) is 1. The maximum absolute atomic E-state index is 9.62. The van der Waals surface area contributed by atoms with Crippen molar-refractivity contribution in [2.75, 3.05) is 6.61 Å². The van der Waals surface area contributed by atoms with Gasteiger partial charge in [0.2, 0.25) is 0 Å². The Kier molecular flexibility index (Phi) is 2.17. The monoisotopic (exact) mass is 223 g/mol. The Morgan fingerprint density at radius 3 is 2.71 bits per heavy atom. The minimum absolute atomic E-state index is 0.0432. The van der Waals surface area contributed by atoms with Gasteiger partial charge in [-0.25, -0.2) is 0 Å². The average molecular weight is 223 g/mol. The van der Waals surface area contributed by atoms with Gasteiger partial charge in [-0.15, -0.1) is 0 Å². The van der Waals surface area contributed by atoms with E-state index in [0.29, 0.717) is 0 Å². The van der Waals surface area contributed by atoms with Crippen molar-refractivity contribution in [1.82, 2.24) is 0 Å². The first-order valence-corrected chi connectivity index (χ1v) is 5.80. The van der Waals surface area contributed by atoms with Gasteiger partial charge in [0.05, 0.1) is 18.6 Å². The zero-order valence-electron chi connectivity index (χ0n) is 9.43. The Labute approximate surface area is 100 Å². The number of aliphatic hydroxyl groups excluding tert-OH is 1. The molecule has 2 atom stereocenters. The Balaban J connectivity index is 2.22. The van der Waals surface area contributed by atoms with Crippen molar-refractivity contribution in [2.24, 2.45) is 5.92 Å². The van der Waals surface area contributed by atoms with E-state index < -0.39 is 0 Å². The molecule has 0 bridgehead atoms. The summed E-state index contributed by atoms with van der Waals surface area (Å²) in [7, 11) is 0. The third kappa shape index (κ3) is 1.36. The van der Waals surface area contributed by atoms with Crippen LogP contribution in [0.1, 0.15) is 12.0 Å². The Hall–Kier alpha value is -1.85. The third-order valence-corrected chi connectivity index (χ3v) is 3.84. The quantitative estimate of drug-likeness (QED) is 0.850. The molecule has 2 nitrogen and oxygen atoms in total. The van der Waals surface area contributed by atoms with E-state index in [2.05, 4.69) is 24.3 Å². The zero-order chi connectivity index (χ0) is 11.9. The number of aliphatic hydroxyl groups is 1. The van der Waals surface area contributed by atoms with Gasteiger partial charge in [-0.1, -0.05) is 42.5 Å². The molecule has 0 heterocycles. The first-order valence-electron chi connectivity index (χ1n) is 5.80. The Morgan fingerprint density at radius 2 is 2.00 bits per heavy atom. The molecule has 1 fully saturated rings. The summed E-state index contributed by atoms with van der Waals surface area (Å²) in [6, 6.07) is 16.5. The van der Waals surface area contributed by atoms with Gasteiger partial charge in [0.15, 0.2) is 0 Å². The molecule has 17 heavy (non-hydrogen) atoms. The summed E-state index contributed by atoms with van der Waals surface area (Å²) in [5, 5.41) is 21.0. The summed E-state index contributed by atoms with van der Waals surface area (Å²) in [4.78, 5) is 0. The highest BCUT2D eigenvalue weighted by Crippen LogP contribution is 2.55. The predicted octanol–water partition coefficient (Wildman–Crippen LogP) is 2.61. The van der Waals surface area contributed by atoms with Gasteiger partial charge in [0.25, 0.3) is 0 Å². The summed E-state index contributed by atoms with van der Waals surface area (Å²) in [5.41, 5.74) is 0.792. The summed E-state index contributed by atoms with van der Waals surface area (Å²) >= 11 is 0. The molecule has 1 saturated carbocycles. The van der Waals surface area contributed by atoms with Crippen molar-refractivity contribution in [3.05, 3.63) is 48.0 Å². The van der Waals surface area contributed by atoms with Crippen LogP contribution in [0.25, 0.3) is 10.8 Å².